The molecule has 0 bridgehead atoms. The number of rotatable bonds is 3. The molecule has 2 aliphatic rings. The van der Waals surface area contributed by atoms with Gasteiger partial charge in [-0.3, -0.25) is 19.3 Å². The van der Waals surface area contributed by atoms with Crippen molar-refractivity contribution in [3.05, 3.63) is 34.3 Å². The van der Waals surface area contributed by atoms with Crippen molar-refractivity contribution in [1.82, 2.24) is 9.80 Å². The Labute approximate surface area is 147 Å². The van der Waals surface area contributed by atoms with E-state index in [4.69, 9.17) is 0 Å². The van der Waals surface area contributed by atoms with E-state index in [0.717, 1.165) is 21.8 Å². The molecule has 1 aromatic carbocycles. The minimum atomic E-state index is -0.144. The number of carbonyl (C=O) groups is 3. The van der Waals surface area contributed by atoms with E-state index >= 15 is 0 Å². The van der Waals surface area contributed by atoms with Crippen LogP contribution in [0, 0.1) is 0 Å². The van der Waals surface area contributed by atoms with Gasteiger partial charge in [-0.15, -0.1) is 0 Å². The predicted octanol–water partition coefficient (Wildman–Crippen LogP) is 2.68. The lowest BCUT2D eigenvalue weighted by atomic mass is 10.0. The first-order valence-corrected chi connectivity index (χ1v) is 9.33. The van der Waals surface area contributed by atoms with Crippen molar-refractivity contribution in [2.45, 2.75) is 25.3 Å². The van der Waals surface area contributed by atoms with Crippen LogP contribution in [0.2, 0.25) is 0 Å². The third-order valence-corrected chi connectivity index (χ3v) is 5.60. The van der Waals surface area contributed by atoms with Crippen LogP contribution in [-0.2, 0) is 16.0 Å². The van der Waals surface area contributed by atoms with Gasteiger partial charge in [-0.05, 0) is 30.5 Å². The number of carbonyl (C=O) groups excluding carboxylic acids is 3. The molecule has 0 unspecified atom stereocenters. The van der Waals surface area contributed by atoms with Crippen LogP contribution in [0.4, 0.5) is 4.79 Å². The van der Waals surface area contributed by atoms with E-state index in [0.29, 0.717) is 32.4 Å². The first-order chi connectivity index (χ1) is 11.0. The number of thioether (sulfide) groups is 1. The van der Waals surface area contributed by atoms with Gasteiger partial charge in [0, 0.05) is 23.6 Å². The molecule has 0 spiro atoms. The number of halogens is 1. The summed E-state index contributed by atoms with van der Waals surface area (Å²) in [4.78, 5) is 39.1. The molecule has 3 amide bonds. The third-order valence-electron chi connectivity index (χ3n) is 4.24. The van der Waals surface area contributed by atoms with Crippen LogP contribution in [-0.4, -0.2) is 51.7 Å². The van der Waals surface area contributed by atoms with E-state index in [1.54, 1.807) is 0 Å². The molecule has 0 aromatic heterocycles. The predicted molar refractivity (Wildman–Crippen MR) is 92.1 cm³/mol. The van der Waals surface area contributed by atoms with Gasteiger partial charge in [-0.2, -0.15) is 0 Å². The smallest absolute Gasteiger partial charge is 0.289 e. The normalized spacial score (nSPS) is 19.5. The summed E-state index contributed by atoms with van der Waals surface area (Å²) in [6.07, 6.45) is 1.73. The lowest BCUT2D eigenvalue weighted by molar-refractivity contribution is -0.132. The van der Waals surface area contributed by atoms with Crippen LogP contribution in [0.1, 0.15) is 18.4 Å². The molecule has 2 aliphatic heterocycles. The van der Waals surface area contributed by atoms with Gasteiger partial charge in [0.05, 0.1) is 12.2 Å². The van der Waals surface area contributed by atoms with E-state index in [1.165, 1.54) is 4.90 Å². The maximum atomic E-state index is 12.4. The average molecular weight is 397 g/mol. The van der Waals surface area contributed by atoms with Crippen molar-refractivity contribution in [2.24, 2.45) is 0 Å². The second-order valence-electron chi connectivity index (χ2n) is 5.73. The number of hydrogen-bond donors (Lipinski definition) is 0. The van der Waals surface area contributed by atoms with Crippen molar-refractivity contribution < 1.29 is 14.4 Å². The Hall–Kier alpha value is -1.34. The highest BCUT2D eigenvalue weighted by molar-refractivity contribution is 9.10. The van der Waals surface area contributed by atoms with E-state index in [1.807, 2.05) is 29.2 Å². The summed E-state index contributed by atoms with van der Waals surface area (Å²) in [7, 11) is 0. The lowest BCUT2D eigenvalue weighted by Gasteiger charge is -2.35. The molecule has 2 fully saturated rings. The summed E-state index contributed by atoms with van der Waals surface area (Å²) in [5, 5.41) is -0.144. The molecule has 2 heterocycles. The number of likely N-dealkylation sites (tertiary alicyclic amines) is 1. The van der Waals surface area contributed by atoms with Crippen LogP contribution < -0.4 is 0 Å². The quantitative estimate of drug-likeness (QED) is 0.787. The number of nitrogens with zero attached hydrogens (tertiary/aromatic N) is 2. The van der Waals surface area contributed by atoms with Gasteiger partial charge in [0.25, 0.3) is 5.24 Å². The minimum absolute atomic E-state index is 0.0540. The summed E-state index contributed by atoms with van der Waals surface area (Å²) >= 11 is 4.45. The zero-order valence-corrected chi connectivity index (χ0v) is 14.9. The van der Waals surface area contributed by atoms with E-state index in [2.05, 4.69) is 15.9 Å². The van der Waals surface area contributed by atoms with Crippen LogP contribution in [0.5, 0.6) is 0 Å². The Balaban J connectivity index is 1.54. The van der Waals surface area contributed by atoms with Gasteiger partial charge in [0.1, 0.15) is 0 Å². The third kappa shape index (κ3) is 3.77. The number of benzene rings is 1. The molecule has 7 heteroatoms. The summed E-state index contributed by atoms with van der Waals surface area (Å²) < 4.78 is 0.993. The summed E-state index contributed by atoms with van der Waals surface area (Å²) in [5.74, 6) is 0.250. The van der Waals surface area contributed by atoms with Crippen molar-refractivity contribution in [2.75, 3.05) is 18.8 Å². The van der Waals surface area contributed by atoms with Crippen molar-refractivity contribution in [3.8, 4) is 0 Å². The van der Waals surface area contributed by atoms with E-state index < -0.39 is 0 Å². The highest BCUT2D eigenvalue weighted by Gasteiger charge is 2.37. The van der Waals surface area contributed by atoms with Gasteiger partial charge in [0.15, 0.2) is 0 Å². The molecule has 23 heavy (non-hydrogen) atoms. The standard InChI is InChI=1S/C16H17BrN2O3S/c17-12-3-1-11(2-4-12)9-14(20)18-7-5-13(6-8-18)19-15(21)10-23-16(19)22/h1-4,13H,5-10H2. The van der Waals surface area contributed by atoms with Gasteiger partial charge < -0.3 is 4.90 Å². The molecule has 0 aliphatic carbocycles. The fraction of sp³-hybridized carbons (Fsp3) is 0.438. The first kappa shape index (κ1) is 16.5. The topological polar surface area (TPSA) is 57.7 Å². The van der Waals surface area contributed by atoms with Gasteiger partial charge in [0.2, 0.25) is 11.8 Å². The maximum Gasteiger partial charge on any atom is 0.289 e. The molecule has 3 rings (SSSR count). The zero-order valence-electron chi connectivity index (χ0n) is 12.5. The summed E-state index contributed by atoms with van der Waals surface area (Å²) in [5.41, 5.74) is 0.988. The SMILES string of the molecule is O=C(Cc1ccc(Br)cc1)N1CCC(N2C(=O)CSC2=O)CC1. The van der Waals surface area contributed by atoms with Crippen molar-refractivity contribution >= 4 is 44.7 Å². The van der Waals surface area contributed by atoms with Crippen LogP contribution >= 0.6 is 27.7 Å². The molecular weight excluding hydrogens is 380 g/mol. The molecular formula is C16H17BrN2O3S. The van der Waals surface area contributed by atoms with E-state index in [-0.39, 0.29) is 28.8 Å². The monoisotopic (exact) mass is 396 g/mol. The number of hydrogen-bond acceptors (Lipinski definition) is 4. The molecule has 0 N–H and O–H groups in total. The maximum absolute atomic E-state index is 12.4. The Morgan fingerprint density at radius 1 is 1.17 bits per heavy atom. The molecule has 1 aromatic rings. The highest BCUT2D eigenvalue weighted by Crippen LogP contribution is 2.26. The minimum Gasteiger partial charge on any atom is -0.342 e. The Morgan fingerprint density at radius 2 is 1.83 bits per heavy atom. The molecule has 0 saturated carbocycles. The fourth-order valence-electron chi connectivity index (χ4n) is 2.98. The van der Waals surface area contributed by atoms with Gasteiger partial charge >= 0.3 is 0 Å². The van der Waals surface area contributed by atoms with Crippen LogP contribution in [0.3, 0.4) is 0 Å². The molecule has 2 saturated heterocycles. The number of imide groups is 1. The largest absolute Gasteiger partial charge is 0.342 e. The second kappa shape index (κ2) is 7.05. The lowest BCUT2D eigenvalue weighted by Crippen LogP contribution is -2.48. The average Bonchev–Trinajstić information content (AvgIpc) is 2.88. The highest BCUT2D eigenvalue weighted by atomic mass is 79.9. The summed E-state index contributed by atoms with van der Waals surface area (Å²) in [6.45, 7) is 1.20. The van der Waals surface area contributed by atoms with Crippen molar-refractivity contribution in [3.63, 3.8) is 0 Å². The van der Waals surface area contributed by atoms with Gasteiger partial charge in [-0.1, -0.05) is 39.8 Å². The van der Waals surface area contributed by atoms with Crippen LogP contribution in [0.25, 0.3) is 0 Å². The second-order valence-corrected chi connectivity index (χ2v) is 7.58. The van der Waals surface area contributed by atoms with Crippen LogP contribution in [0.15, 0.2) is 28.7 Å². The zero-order chi connectivity index (χ0) is 16.4. The summed E-state index contributed by atoms with van der Waals surface area (Å²) in [6, 6.07) is 7.68. The Kier molecular flexibility index (Phi) is 5.06. The number of amides is 3. The molecule has 5 nitrogen and oxygen atoms in total. The number of piperidine rings is 1. The van der Waals surface area contributed by atoms with Crippen molar-refractivity contribution in [1.29, 1.82) is 0 Å². The molecule has 0 atom stereocenters. The first-order valence-electron chi connectivity index (χ1n) is 7.55. The Bertz CT molecular complexity index is 611. The molecule has 122 valence electrons. The van der Waals surface area contributed by atoms with Gasteiger partial charge in [-0.25, -0.2) is 0 Å². The van der Waals surface area contributed by atoms with E-state index in [9.17, 15) is 14.4 Å². The molecule has 0 radical (unpaired) electrons. The fourth-order valence-corrected chi connectivity index (χ4v) is 4.02. The Morgan fingerprint density at radius 3 is 2.39 bits per heavy atom.